The quantitative estimate of drug-likeness (QED) is 0.848. The van der Waals surface area contributed by atoms with Gasteiger partial charge in [-0.1, -0.05) is 13.8 Å². The largest absolute Gasteiger partial charge is 0.444 e. The van der Waals surface area contributed by atoms with Crippen molar-refractivity contribution in [3.8, 4) is 0 Å². The maximum absolute atomic E-state index is 12.1. The van der Waals surface area contributed by atoms with Crippen molar-refractivity contribution >= 4 is 12.0 Å². The molecule has 128 valence electrons. The van der Waals surface area contributed by atoms with Gasteiger partial charge in [-0.15, -0.1) is 0 Å². The summed E-state index contributed by atoms with van der Waals surface area (Å²) in [6.07, 6.45) is 3.39. The Kier molecular flexibility index (Phi) is 7.17. The number of piperidine rings is 1. The van der Waals surface area contributed by atoms with Gasteiger partial charge in [-0.3, -0.25) is 4.79 Å². The fraction of sp³-hybridized carbons (Fsp3) is 0.882. The third kappa shape index (κ3) is 7.66. The molecule has 1 rings (SSSR count). The Bertz CT molecular complexity index is 375. The van der Waals surface area contributed by atoms with Crippen molar-refractivity contribution in [3.63, 3.8) is 0 Å². The van der Waals surface area contributed by atoms with Crippen molar-refractivity contribution in [1.82, 2.24) is 10.2 Å². The number of rotatable bonds is 5. The van der Waals surface area contributed by atoms with Gasteiger partial charge in [-0.25, -0.2) is 4.79 Å². The Morgan fingerprint density at radius 2 is 2.00 bits per heavy atom. The minimum absolute atomic E-state index is 0.120. The number of hydrogen-bond donors (Lipinski definition) is 1. The maximum atomic E-state index is 12.1. The molecule has 5 heteroatoms. The van der Waals surface area contributed by atoms with Gasteiger partial charge < -0.3 is 15.0 Å². The second kappa shape index (κ2) is 8.39. The van der Waals surface area contributed by atoms with Gasteiger partial charge in [0.1, 0.15) is 5.60 Å². The average Bonchev–Trinajstić information content (AvgIpc) is 2.36. The number of amides is 2. The molecular formula is C17H32N2O3. The minimum atomic E-state index is -0.450. The molecule has 1 N–H and O–H groups in total. The predicted octanol–water partition coefficient (Wildman–Crippen LogP) is 3.19. The van der Waals surface area contributed by atoms with E-state index in [1.165, 1.54) is 0 Å². The lowest BCUT2D eigenvalue weighted by Crippen LogP contribution is -2.43. The van der Waals surface area contributed by atoms with E-state index in [2.05, 4.69) is 5.32 Å². The molecule has 5 nitrogen and oxygen atoms in total. The van der Waals surface area contributed by atoms with E-state index in [-0.39, 0.29) is 12.0 Å². The second-order valence-corrected chi connectivity index (χ2v) is 7.67. The molecule has 0 saturated carbocycles. The first-order valence-electron chi connectivity index (χ1n) is 8.42. The highest BCUT2D eigenvalue weighted by atomic mass is 16.6. The van der Waals surface area contributed by atoms with E-state index >= 15 is 0 Å². The third-order valence-corrected chi connectivity index (χ3v) is 3.64. The monoisotopic (exact) mass is 312 g/mol. The Hall–Kier alpha value is -1.26. The first-order valence-corrected chi connectivity index (χ1v) is 8.42. The molecule has 1 aliphatic heterocycles. The van der Waals surface area contributed by atoms with Gasteiger partial charge in [0, 0.05) is 26.1 Å². The molecule has 0 radical (unpaired) electrons. The number of carbonyl (C=O) groups excluding carboxylic acids is 2. The molecule has 1 aliphatic rings. The number of hydrogen-bond acceptors (Lipinski definition) is 3. The van der Waals surface area contributed by atoms with Crippen LogP contribution in [0.5, 0.6) is 0 Å². The number of nitrogens with one attached hydrogen (secondary N) is 1. The Balaban J connectivity index is 2.31. The normalized spacial score (nSPS) is 19.2. The van der Waals surface area contributed by atoms with Gasteiger partial charge in [-0.05, 0) is 51.9 Å². The molecular weight excluding hydrogens is 280 g/mol. The van der Waals surface area contributed by atoms with E-state index in [9.17, 15) is 9.59 Å². The van der Waals surface area contributed by atoms with Crippen LogP contribution in [0.25, 0.3) is 0 Å². The molecule has 2 amide bonds. The summed E-state index contributed by atoms with van der Waals surface area (Å²) in [7, 11) is 0. The van der Waals surface area contributed by atoms with Crippen LogP contribution >= 0.6 is 0 Å². The van der Waals surface area contributed by atoms with Gasteiger partial charge in [-0.2, -0.15) is 0 Å². The van der Waals surface area contributed by atoms with E-state index in [4.69, 9.17) is 4.74 Å². The molecule has 1 fully saturated rings. The average molecular weight is 312 g/mol. The molecule has 0 aromatic rings. The van der Waals surface area contributed by atoms with Crippen LogP contribution < -0.4 is 5.32 Å². The van der Waals surface area contributed by atoms with Crippen LogP contribution in [0, 0.1) is 11.8 Å². The number of ether oxygens (including phenoxy) is 1. The lowest BCUT2D eigenvalue weighted by atomic mass is 9.95. The number of nitrogens with zero attached hydrogens (tertiary/aromatic N) is 1. The van der Waals surface area contributed by atoms with E-state index in [1.807, 2.05) is 34.6 Å². The van der Waals surface area contributed by atoms with Gasteiger partial charge in [0.25, 0.3) is 0 Å². The van der Waals surface area contributed by atoms with Gasteiger partial charge in [0.15, 0.2) is 0 Å². The van der Waals surface area contributed by atoms with E-state index < -0.39 is 5.60 Å². The van der Waals surface area contributed by atoms with E-state index in [0.717, 1.165) is 32.4 Å². The number of carbonyl (C=O) groups is 2. The van der Waals surface area contributed by atoms with Crippen molar-refractivity contribution in [3.05, 3.63) is 0 Å². The van der Waals surface area contributed by atoms with Gasteiger partial charge in [0.05, 0.1) is 0 Å². The Morgan fingerprint density at radius 3 is 2.59 bits per heavy atom. The fourth-order valence-electron chi connectivity index (χ4n) is 2.65. The molecule has 1 unspecified atom stereocenters. The first kappa shape index (κ1) is 18.8. The highest BCUT2D eigenvalue weighted by molar-refractivity contribution is 5.76. The first-order chi connectivity index (χ1) is 10.2. The Labute approximate surface area is 134 Å². The zero-order valence-electron chi connectivity index (χ0n) is 14.8. The second-order valence-electron chi connectivity index (χ2n) is 7.67. The summed E-state index contributed by atoms with van der Waals surface area (Å²) in [6.45, 7) is 11.9. The summed E-state index contributed by atoms with van der Waals surface area (Å²) in [6, 6.07) is 0. The predicted molar refractivity (Wildman–Crippen MR) is 87.6 cm³/mol. The van der Waals surface area contributed by atoms with Crippen molar-refractivity contribution in [2.75, 3.05) is 19.6 Å². The summed E-state index contributed by atoms with van der Waals surface area (Å²) in [4.78, 5) is 25.5. The summed E-state index contributed by atoms with van der Waals surface area (Å²) in [5.74, 6) is 0.952. The van der Waals surface area contributed by atoms with Crippen LogP contribution in [0.15, 0.2) is 0 Å². The molecule has 0 bridgehead atoms. The van der Waals surface area contributed by atoms with Crippen LogP contribution in [0.4, 0.5) is 4.79 Å². The molecule has 0 spiro atoms. The van der Waals surface area contributed by atoms with Crippen molar-refractivity contribution in [2.45, 2.75) is 65.9 Å². The number of likely N-dealkylation sites (tertiary alicyclic amines) is 1. The zero-order chi connectivity index (χ0) is 16.8. The smallest absolute Gasteiger partial charge is 0.410 e. The highest BCUT2D eigenvalue weighted by Crippen LogP contribution is 2.21. The lowest BCUT2D eigenvalue weighted by molar-refractivity contribution is -0.121. The molecule has 22 heavy (non-hydrogen) atoms. The van der Waals surface area contributed by atoms with E-state index in [1.54, 1.807) is 4.90 Å². The molecule has 0 aromatic carbocycles. The van der Waals surface area contributed by atoms with Crippen LogP contribution in [-0.4, -0.2) is 42.1 Å². The molecule has 0 aliphatic carbocycles. The lowest BCUT2D eigenvalue weighted by Gasteiger charge is -2.34. The molecule has 0 aromatic heterocycles. The van der Waals surface area contributed by atoms with E-state index in [0.29, 0.717) is 24.8 Å². The highest BCUT2D eigenvalue weighted by Gasteiger charge is 2.27. The van der Waals surface area contributed by atoms with Crippen LogP contribution in [0.1, 0.15) is 60.3 Å². The zero-order valence-corrected chi connectivity index (χ0v) is 14.8. The Morgan fingerprint density at radius 1 is 1.32 bits per heavy atom. The molecule has 1 saturated heterocycles. The van der Waals surface area contributed by atoms with Crippen LogP contribution in [0.3, 0.4) is 0 Å². The minimum Gasteiger partial charge on any atom is -0.444 e. The topological polar surface area (TPSA) is 58.6 Å². The van der Waals surface area contributed by atoms with Crippen molar-refractivity contribution in [2.24, 2.45) is 11.8 Å². The summed E-state index contributed by atoms with van der Waals surface area (Å²) < 4.78 is 5.43. The molecule has 1 atom stereocenters. The third-order valence-electron chi connectivity index (χ3n) is 3.64. The van der Waals surface area contributed by atoms with Crippen LogP contribution in [0.2, 0.25) is 0 Å². The van der Waals surface area contributed by atoms with Crippen LogP contribution in [-0.2, 0) is 9.53 Å². The molecule has 1 heterocycles. The summed E-state index contributed by atoms with van der Waals surface area (Å²) in [5.41, 5.74) is -0.450. The fourth-order valence-corrected chi connectivity index (χ4v) is 2.65. The van der Waals surface area contributed by atoms with Crippen molar-refractivity contribution < 1.29 is 14.3 Å². The van der Waals surface area contributed by atoms with Gasteiger partial charge >= 0.3 is 6.09 Å². The standard InChI is InChI=1S/C17H32N2O3/c1-13(2)11-15(20)18-9-8-14-7-6-10-19(12-14)16(21)22-17(3,4)5/h13-14H,6-12H2,1-5H3,(H,18,20). The summed E-state index contributed by atoms with van der Waals surface area (Å²) in [5, 5.41) is 2.97. The van der Waals surface area contributed by atoms with Gasteiger partial charge in [0.2, 0.25) is 5.91 Å². The maximum Gasteiger partial charge on any atom is 0.410 e. The van der Waals surface area contributed by atoms with Crippen molar-refractivity contribution in [1.29, 1.82) is 0 Å². The SMILES string of the molecule is CC(C)CC(=O)NCCC1CCCN(C(=O)OC(C)(C)C)C1. The summed E-state index contributed by atoms with van der Waals surface area (Å²) >= 11 is 0.